The molecule has 4 aliphatic carbocycles. The van der Waals surface area contributed by atoms with Gasteiger partial charge in [0.1, 0.15) is 11.3 Å². The van der Waals surface area contributed by atoms with Crippen molar-refractivity contribution in [3.63, 3.8) is 0 Å². The third-order valence-corrected chi connectivity index (χ3v) is 9.79. The maximum atomic E-state index is 14.1. The van der Waals surface area contributed by atoms with Crippen molar-refractivity contribution in [2.24, 2.45) is 11.8 Å². The fraction of sp³-hybridized carbons (Fsp3) is 0.692. The van der Waals surface area contributed by atoms with E-state index in [1.807, 2.05) is 17.0 Å². The molecule has 2 heterocycles. The summed E-state index contributed by atoms with van der Waals surface area (Å²) in [6.07, 6.45) is 7.28. The highest BCUT2D eigenvalue weighted by molar-refractivity contribution is 6.07. The van der Waals surface area contributed by atoms with Gasteiger partial charge in [0.2, 0.25) is 0 Å². The van der Waals surface area contributed by atoms with Gasteiger partial charge in [0, 0.05) is 24.5 Å². The van der Waals surface area contributed by atoms with E-state index in [0.717, 1.165) is 43.4 Å². The molecule has 1 spiro atoms. The second kappa shape index (κ2) is 6.51. The third kappa shape index (κ3) is 2.64. The van der Waals surface area contributed by atoms with Gasteiger partial charge in [0.15, 0.2) is 0 Å². The van der Waals surface area contributed by atoms with E-state index in [-0.39, 0.29) is 23.7 Å². The van der Waals surface area contributed by atoms with Crippen molar-refractivity contribution in [3.8, 4) is 5.75 Å². The molecule has 0 aromatic heterocycles. The Hall–Kier alpha value is -2.12. The molecule has 4 atom stereocenters. The number of rotatable bonds is 4. The van der Waals surface area contributed by atoms with Crippen molar-refractivity contribution in [2.75, 3.05) is 19.6 Å². The number of benzene rings is 1. The zero-order valence-corrected chi connectivity index (χ0v) is 19.1. The summed E-state index contributed by atoms with van der Waals surface area (Å²) in [5.74, 6) is 1.09. The summed E-state index contributed by atoms with van der Waals surface area (Å²) in [5, 5.41) is 26.2. The van der Waals surface area contributed by atoms with Crippen LogP contribution in [0.3, 0.4) is 0 Å². The number of hydrogen-bond acceptors (Lipinski definition) is 5. The molecule has 2 aliphatic heterocycles. The molecule has 5 fully saturated rings. The largest absolute Gasteiger partial charge is 0.508 e. The molecule has 1 aromatic carbocycles. The molecule has 7 heteroatoms. The molecule has 7 rings (SSSR count). The Morgan fingerprint density at radius 3 is 2.55 bits per heavy atom. The van der Waals surface area contributed by atoms with E-state index in [2.05, 4.69) is 5.32 Å². The quantitative estimate of drug-likeness (QED) is 0.611. The van der Waals surface area contributed by atoms with Crippen molar-refractivity contribution < 1.29 is 19.8 Å². The van der Waals surface area contributed by atoms with Crippen LogP contribution in [-0.2, 0) is 16.6 Å². The lowest BCUT2D eigenvalue weighted by Crippen LogP contribution is -2.76. The van der Waals surface area contributed by atoms with Gasteiger partial charge in [-0.1, -0.05) is 6.07 Å². The Morgan fingerprint density at radius 2 is 1.79 bits per heavy atom. The Bertz CT molecular complexity index is 1050. The summed E-state index contributed by atoms with van der Waals surface area (Å²) >= 11 is 0. The Balaban J connectivity index is 1.36. The molecular formula is C26H33N3O4. The first-order valence-corrected chi connectivity index (χ1v) is 12.8. The van der Waals surface area contributed by atoms with Crippen LogP contribution in [0.25, 0.3) is 0 Å². The number of carbonyl (C=O) groups excluding carboxylic acids is 2. The minimum Gasteiger partial charge on any atom is -0.508 e. The van der Waals surface area contributed by atoms with E-state index < -0.39 is 16.6 Å². The highest BCUT2D eigenvalue weighted by atomic mass is 16.3. The monoisotopic (exact) mass is 451 g/mol. The minimum absolute atomic E-state index is 0.0427. The van der Waals surface area contributed by atoms with E-state index in [9.17, 15) is 19.8 Å². The number of piperidine rings is 1. The number of nitrogens with one attached hydrogen (secondary N) is 1. The number of hydrogen-bond donors (Lipinski definition) is 3. The maximum absolute atomic E-state index is 14.1. The van der Waals surface area contributed by atoms with Crippen molar-refractivity contribution in [3.05, 3.63) is 29.3 Å². The molecule has 6 aliphatic rings. The molecule has 1 aromatic rings. The van der Waals surface area contributed by atoms with E-state index in [4.69, 9.17) is 0 Å². The lowest BCUT2D eigenvalue weighted by atomic mass is 9.47. The minimum atomic E-state index is -0.990. The number of amides is 3. The van der Waals surface area contributed by atoms with Crippen LogP contribution in [0.2, 0.25) is 0 Å². The topological polar surface area (TPSA) is 93.1 Å². The number of nitrogens with zero attached hydrogens (tertiary/aromatic N) is 2. The predicted molar refractivity (Wildman–Crippen MR) is 121 cm³/mol. The fourth-order valence-corrected chi connectivity index (χ4v) is 7.66. The molecule has 3 amide bonds. The van der Waals surface area contributed by atoms with Crippen LogP contribution in [0.15, 0.2) is 18.2 Å². The second-order valence-corrected chi connectivity index (χ2v) is 11.7. The Kier molecular flexibility index (Phi) is 4.00. The molecular weight excluding hydrogens is 418 g/mol. The zero-order valence-electron chi connectivity index (χ0n) is 19.1. The first-order valence-electron chi connectivity index (χ1n) is 12.8. The fourth-order valence-electron chi connectivity index (χ4n) is 7.66. The van der Waals surface area contributed by atoms with Crippen LogP contribution in [0, 0.1) is 11.8 Å². The van der Waals surface area contributed by atoms with Gasteiger partial charge in [-0.2, -0.15) is 0 Å². The normalized spacial score (nSPS) is 39.7. The van der Waals surface area contributed by atoms with Crippen LogP contribution in [-0.4, -0.2) is 68.8 Å². The Morgan fingerprint density at radius 1 is 1.03 bits per heavy atom. The standard InChI is InChI=1S/C26H33N3O4/c30-19-6-5-18-11-21-26(33)8-7-25(15-24(26,9-10-27-21)20(18)12-19)22(31)28(13-16-1-2-16)23(32)29(25)14-17-3-4-17/h5-6,12,16-17,21,27,30,33H,1-4,7-11,13-15H2/t21-,24-,25+,26-/m1/s1. The van der Waals surface area contributed by atoms with E-state index in [0.29, 0.717) is 57.0 Å². The predicted octanol–water partition coefficient (Wildman–Crippen LogP) is 2.29. The molecule has 3 saturated carbocycles. The number of phenolic OH excluding ortho intramolecular Hbond substituents is 1. The zero-order chi connectivity index (χ0) is 22.6. The van der Waals surface area contributed by atoms with Gasteiger partial charge in [-0.05, 0) is 99.4 Å². The van der Waals surface area contributed by atoms with Gasteiger partial charge in [0.05, 0.1) is 5.60 Å². The summed E-state index contributed by atoms with van der Waals surface area (Å²) in [5.41, 5.74) is -0.416. The van der Waals surface area contributed by atoms with Gasteiger partial charge in [-0.3, -0.25) is 9.69 Å². The summed E-state index contributed by atoms with van der Waals surface area (Å²) in [4.78, 5) is 31.2. The smallest absolute Gasteiger partial charge is 0.327 e. The van der Waals surface area contributed by atoms with Crippen molar-refractivity contribution in [1.29, 1.82) is 0 Å². The Labute approximate surface area is 194 Å². The lowest BCUT2D eigenvalue weighted by molar-refractivity contribution is -0.163. The van der Waals surface area contributed by atoms with E-state index in [1.54, 1.807) is 11.0 Å². The average Bonchev–Trinajstić information content (AvgIpc) is 3.71. The number of fused-ring (bicyclic) bond motifs is 1. The molecule has 33 heavy (non-hydrogen) atoms. The first kappa shape index (κ1) is 20.3. The number of aliphatic hydroxyl groups is 1. The van der Waals surface area contributed by atoms with E-state index in [1.165, 1.54) is 0 Å². The first-order chi connectivity index (χ1) is 15.9. The van der Waals surface area contributed by atoms with Crippen molar-refractivity contribution >= 4 is 11.9 Å². The van der Waals surface area contributed by atoms with Crippen LogP contribution >= 0.6 is 0 Å². The van der Waals surface area contributed by atoms with Crippen molar-refractivity contribution in [2.45, 2.75) is 80.4 Å². The third-order valence-electron chi connectivity index (χ3n) is 9.79. The summed E-state index contributed by atoms with van der Waals surface area (Å²) in [6.45, 7) is 1.95. The number of phenols is 1. The SMILES string of the molecule is O=C1N(CC2CC2)C(=O)[C@@]2(CC[C@@]3(O)[C@H]4Cc5ccc(O)cc5[C@@]3(CCN4)C2)N1CC1CC1. The van der Waals surface area contributed by atoms with Gasteiger partial charge >= 0.3 is 6.03 Å². The highest BCUT2D eigenvalue weighted by Gasteiger charge is 2.71. The van der Waals surface area contributed by atoms with Gasteiger partial charge < -0.3 is 20.4 Å². The number of urea groups is 1. The van der Waals surface area contributed by atoms with Crippen LogP contribution in [0.4, 0.5) is 4.79 Å². The average molecular weight is 452 g/mol. The summed E-state index contributed by atoms with van der Waals surface area (Å²) in [7, 11) is 0. The number of carbonyl (C=O) groups is 2. The summed E-state index contributed by atoms with van der Waals surface area (Å²) < 4.78 is 0. The second-order valence-electron chi connectivity index (χ2n) is 11.7. The maximum Gasteiger partial charge on any atom is 0.327 e. The molecule has 3 N–H and O–H groups in total. The lowest BCUT2D eigenvalue weighted by Gasteiger charge is -2.64. The van der Waals surface area contributed by atoms with Crippen molar-refractivity contribution in [1.82, 2.24) is 15.1 Å². The van der Waals surface area contributed by atoms with Crippen LogP contribution in [0.1, 0.15) is 62.5 Å². The van der Waals surface area contributed by atoms with Crippen LogP contribution in [0.5, 0.6) is 5.75 Å². The molecule has 176 valence electrons. The molecule has 2 bridgehead atoms. The molecule has 7 nitrogen and oxygen atoms in total. The van der Waals surface area contributed by atoms with Gasteiger partial charge in [-0.25, -0.2) is 4.79 Å². The van der Waals surface area contributed by atoms with Gasteiger partial charge in [-0.15, -0.1) is 0 Å². The summed E-state index contributed by atoms with van der Waals surface area (Å²) in [6, 6.07) is 5.31. The van der Waals surface area contributed by atoms with Crippen LogP contribution < -0.4 is 5.32 Å². The highest BCUT2D eigenvalue weighted by Crippen LogP contribution is 2.61. The van der Waals surface area contributed by atoms with E-state index >= 15 is 0 Å². The van der Waals surface area contributed by atoms with Gasteiger partial charge in [0.25, 0.3) is 5.91 Å². The molecule has 2 saturated heterocycles. The number of imide groups is 1. The number of aromatic hydroxyl groups is 1. The molecule has 0 unspecified atom stereocenters. The molecule has 0 radical (unpaired) electrons.